The molecule has 0 radical (unpaired) electrons. The van der Waals surface area contributed by atoms with Gasteiger partial charge in [0.15, 0.2) is 0 Å². The normalized spacial score (nSPS) is 11.5. The molecule has 0 saturated heterocycles. The first-order chi connectivity index (χ1) is 8.24. The number of carbonyl (C=O) groups excluding carboxylic acids is 1. The molecule has 0 aromatic heterocycles. The summed E-state index contributed by atoms with van der Waals surface area (Å²) in [6, 6.07) is 11.0. The lowest BCUT2D eigenvalue weighted by Gasteiger charge is -2.12. The third-order valence-electron chi connectivity index (χ3n) is 2.03. The van der Waals surface area contributed by atoms with Gasteiger partial charge in [-0.25, -0.2) is 4.79 Å². The van der Waals surface area contributed by atoms with Crippen LogP contribution in [0.4, 0.5) is 0 Å². The van der Waals surface area contributed by atoms with Gasteiger partial charge < -0.3 is 4.74 Å². The Morgan fingerprint density at radius 2 is 2.18 bits per heavy atom. The van der Waals surface area contributed by atoms with E-state index in [0.717, 1.165) is 11.5 Å². The zero-order valence-electron chi connectivity index (χ0n) is 9.76. The number of hydrogen-bond donors (Lipinski definition) is 0. The predicted molar refractivity (Wildman–Crippen MR) is 68.9 cm³/mol. The molecule has 0 saturated carbocycles. The Hall–Kier alpha value is -1.47. The van der Waals surface area contributed by atoms with Gasteiger partial charge in [-0.2, -0.15) is 17.0 Å². The minimum atomic E-state index is -0.293. The van der Waals surface area contributed by atoms with E-state index in [1.54, 1.807) is 23.9 Å². The first-order valence-corrected chi connectivity index (χ1v) is 6.60. The fourth-order valence-corrected chi connectivity index (χ4v) is 2.03. The molecule has 90 valence electrons. The van der Waals surface area contributed by atoms with E-state index in [2.05, 4.69) is 6.07 Å². The molecule has 0 N–H and O–H groups in total. The molecule has 1 aromatic rings. The zero-order valence-corrected chi connectivity index (χ0v) is 10.6. The molecule has 0 amide bonds. The molecule has 0 bridgehead atoms. The van der Waals surface area contributed by atoms with Crippen LogP contribution in [0.2, 0.25) is 0 Å². The summed E-state index contributed by atoms with van der Waals surface area (Å²) in [6.07, 6.45) is 0.399. The number of nitrogens with zero attached hydrogens (tertiary/aromatic N) is 1. The van der Waals surface area contributed by atoms with E-state index in [-0.39, 0.29) is 12.1 Å². The molecule has 4 heteroatoms. The van der Waals surface area contributed by atoms with Crippen LogP contribution in [0.25, 0.3) is 0 Å². The SMILES string of the molecule is CC(CSCCC#N)OC(=O)c1ccccc1. The van der Waals surface area contributed by atoms with Crippen LogP contribution in [0.15, 0.2) is 30.3 Å². The molecule has 3 nitrogen and oxygen atoms in total. The van der Waals surface area contributed by atoms with E-state index in [9.17, 15) is 4.79 Å². The van der Waals surface area contributed by atoms with E-state index in [0.29, 0.717) is 12.0 Å². The summed E-state index contributed by atoms with van der Waals surface area (Å²) in [5.74, 6) is 1.21. The molecule has 17 heavy (non-hydrogen) atoms. The van der Waals surface area contributed by atoms with Gasteiger partial charge in [0.05, 0.1) is 11.6 Å². The highest BCUT2D eigenvalue weighted by Gasteiger charge is 2.11. The minimum absolute atomic E-state index is 0.133. The minimum Gasteiger partial charge on any atom is -0.458 e. The quantitative estimate of drug-likeness (QED) is 0.574. The predicted octanol–water partition coefficient (Wildman–Crippen LogP) is 2.88. The lowest BCUT2D eigenvalue weighted by atomic mass is 10.2. The molecule has 0 fully saturated rings. The van der Waals surface area contributed by atoms with Gasteiger partial charge in [0, 0.05) is 17.9 Å². The third-order valence-corrected chi connectivity index (χ3v) is 3.23. The van der Waals surface area contributed by atoms with Crippen molar-refractivity contribution in [1.29, 1.82) is 5.26 Å². The fourth-order valence-electron chi connectivity index (χ4n) is 1.23. The average molecular weight is 249 g/mol. The van der Waals surface area contributed by atoms with Crippen LogP contribution < -0.4 is 0 Å². The summed E-state index contributed by atoms with van der Waals surface area (Å²) >= 11 is 1.62. The standard InChI is InChI=1S/C13H15NO2S/c1-11(10-17-9-5-8-14)16-13(15)12-6-3-2-4-7-12/h2-4,6-7,11H,5,9-10H2,1H3. The second-order valence-electron chi connectivity index (χ2n) is 3.56. The Bertz CT molecular complexity index is 386. The Kier molecular flexibility index (Phi) is 6.19. The van der Waals surface area contributed by atoms with Gasteiger partial charge in [-0.3, -0.25) is 0 Å². The van der Waals surface area contributed by atoms with Gasteiger partial charge in [-0.05, 0) is 19.1 Å². The van der Waals surface area contributed by atoms with Gasteiger partial charge in [0.2, 0.25) is 0 Å². The molecular weight excluding hydrogens is 234 g/mol. The van der Waals surface area contributed by atoms with E-state index in [1.807, 2.05) is 25.1 Å². The second-order valence-corrected chi connectivity index (χ2v) is 4.71. The van der Waals surface area contributed by atoms with E-state index < -0.39 is 0 Å². The Morgan fingerprint density at radius 3 is 2.82 bits per heavy atom. The molecule has 1 atom stereocenters. The number of esters is 1. The van der Waals surface area contributed by atoms with Gasteiger partial charge in [0.1, 0.15) is 6.10 Å². The fraction of sp³-hybridized carbons (Fsp3) is 0.385. The highest BCUT2D eigenvalue weighted by molar-refractivity contribution is 7.99. The lowest BCUT2D eigenvalue weighted by Crippen LogP contribution is -2.17. The highest BCUT2D eigenvalue weighted by atomic mass is 32.2. The van der Waals surface area contributed by atoms with Crippen LogP contribution in [-0.2, 0) is 4.74 Å². The van der Waals surface area contributed by atoms with Crippen LogP contribution in [0.5, 0.6) is 0 Å². The molecule has 1 rings (SSSR count). The van der Waals surface area contributed by atoms with Crippen molar-refractivity contribution in [1.82, 2.24) is 0 Å². The van der Waals surface area contributed by atoms with Crippen molar-refractivity contribution < 1.29 is 9.53 Å². The number of hydrogen-bond acceptors (Lipinski definition) is 4. The van der Waals surface area contributed by atoms with Crippen molar-refractivity contribution in [3.8, 4) is 6.07 Å². The van der Waals surface area contributed by atoms with Crippen LogP contribution in [-0.4, -0.2) is 23.6 Å². The maximum Gasteiger partial charge on any atom is 0.338 e. The molecular formula is C13H15NO2S. The number of carbonyl (C=O) groups is 1. The van der Waals surface area contributed by atoms with Crippen LogP contribution in [0, 0.1) is 11.3 Å². The Balaban J connectivity index is 2.29. The van der Waals surface area contributed by atoms with Gasteiger partial charge in [-0.15, -0.1) is 0 Å². The van der Waals surface area contributed by atoms with Crippen molar-refractivity contribution in [2.75, 3.05) is 11.5 Å². The molecule has 1 aromatic carbocycles. The number of ether oxygens (including phenoxy) is 1. The lowest BCUT2D eigenvalue weighted by molar-refractivity contribution is 0.0386. The van der Waals surface area contributed by atoms with E-state index in [4.69, 9.17) is 10.00 Å². The molecule has 0 spiro atoms. The average Bonchev–Trinajstić information content (AvgIpc) is 2.36. The summed E-state index contributed by atoms with van der Waals surface area (Å²) in [5.41, 5.74) is 0.571. The number of nitriles is 1. The largest absolute Gasteiger partial charge is 0.458 e. The number of rotatable bonds is 6. The summed E-state index contributed by atoms with van der Waals surface area (Å²) in [6.45, 7) is 1.86. The summed E-state index contributed by atoms with van der Waals surface area (Å²) in [7, 11) is 0. The molecule has 0 aliphatic heterocycles. The van der Waals surface area contributed by atoms with Gasteiger partial charge in [0.25, 0.3) is 0 Å². The van der Waals surface area contributed by atoms with Crippen molar-refractivity contribution in [3.05, 3.63) is 35.9 Å². The smallest absolute Gasteiger partial charge is 0.338 e. The Labute approximate surface area is 106 Å². The second kappa shape index (κ2) is 7.75. The zero-order chi connectivity index (χ0) is 12.5. The summed E-state index contributed by atoms with van der Waals surface area (Å²) < 4.78 is 5.27. The molecule has 0 aliphatic carbocycles. The maximum absolute atomic E-state index is 11.7. The monoisotopic (exact) mass is 249 g/mol. The van der Waals surface area contributed by atoms with Crippen molar-refractivity contribution in [3.63, 3.8) is 0 Å². The van der Waals surface area contributed by atoms with Crippen molar-refractivity contribution >= 4 is 17.7 Å². The summed E-state index contributed by atoms with van der Waals surface area (Å²) in [4.78, 5) is 11.7. The van der Waals surface area contributed by atoms with Crippen LogP contribution in [0.1, 0.15) is 23.7 Å². The third kappa shape index (κ3) is 5.41. The Morgan fingerprint density at radius 1 is 1.47 bits per heavy atom. The van der Waals surface area contributed by atoms with E-state index >= 15 is 0 Å². The van der Waals surface area contributed by atoms with Gasteiger partial charge >= 0.3 is 5.97 Å². The number of thioether (sulfide) groups is 1. The first kappa shape index (κ1) is 13.6. The van der Waals surface area contributed by atoms with Crippen molar-refractivity contribution in [2.24, 2.45) is 0 Å². The van der Waals surface area contributed by atoms with Crippen molar-refractivity contribution in [2.45, 2.75) is 19.4 Å². The topological polar surface area (TPSA) is 50.1 Å². The van der Waals surface area contributed by atoms with E-state index in [1.165, 1.54) is 0 Å². The maximum atomic E-state index is 11.7. The molecule has 0 heterocycles. The molecule has 0 aliphatic rings. The molecule has 1 unspecified atom stereocenters. The number of benzene rings is 1. The van der Waals surface area contributed by atoms with Crippen LogP contribution >= 0.6 is 11.8 Å². The highest BCUT2D eigenvalue weighted by Crippen LogP contribution is 2.09. The summed E-state index contributed by atoms with van der Waals surface area (Å²) in [5, 5.41) is 8.38. The van der Waals surface area contributed by atoms with Gasteiger partial charge in [-0.1, -0.05) is 18.2 Å². The first-order valence-electron chi connectivity index (χ1n) is 5.44. The van der Waals surface area contributed by atoms with Crippen LogP contribution in [0.3, 0.4) is 0 Å².